The van der Waals surface area contributed by atoms with E-state index in [-0.39, 0.29) is 12.5 Å². The van der Waals surface area contributed by atoms with Gasteiger partial charge in [-0.15, -0.1) is 0 Å². The summed E-state index contributed by atoms with van der Waals surface area (Å²) in [6, 6.07) is 6.85. The normalized spacial score (nSPS) is 10.4. The maximum Gasteiger partial charge on any atom is 0.341 e. The van der Waals surface area contributed by atoms with E-state index in [9.17, 15) is 14.0 Å². The third-order valence-electron chi connectivity index (χ3n) is 3.20. The molecular weight excluding hydrogens is 289 g/mol. The lowest BCUT2D eigenvalue weighted by Gasteiger charge is -2.15. The van der Waals surface area contributed by atoms with E-state index in [1.165, 1.54) is 36.3 Å². The van der Waals surface area contributed by atoms with E-state index in [0.717, 1.165) is 0 Å². The van der Waals surface area contributed by atoms with Crippen LogP contribution in [0.25, 0.3) is 0 Å². The molecule has 1 amide bonds. The van der Waals surface area contributed by atoms with Crippen LogP contribution in [-0.2, 0) is 11.3 Å². The van der Waals surface area contributed by atoms with Crippen molar-refractivity contribution in [3.8, 4) is 0 Å². The van der Waals surface area contributed by atoms with Gasteiger partial charge in [-0.1, -0.05) is 0 Å². The van der Waals surface area contributed by atoms with Gasteiger partial charge in [-0.3, -0.25) is 4.79 Å². The van der Waals surface area contributed by atoms with Crippen LogP contribution in [0.4, 0.5) is 4.39 Å². The topological polar surface area (TPSA) is 59.8 Å². The van der Waals surface area contributed by atoms with Crippen LogP contribution >= 0.6 is 0 Å². The average molecular weight is 305 g/mol. The van der Waals surface area contributed by atoms with Crippen molar-refractivity contribution in [3.05, 3.63) is 58.8 Å². The number of carbonyl (C=O) groups is 2. The maximum absolute atomic E-state index is 12.9. The van der Waals surface area contributed by atoms with Gasteiger partial charge >= 0.3 is 5.97 Å². The number of amides is 1. The number of carbonyl (C=O) groups excluding carboxylic acids is 2. The minimum Gasteiger partial charge on any atom is -0.465 e. The lowest BCUT2D eigenvalue weighted by molar-refractivity contribution is 0.0598. The summed E-state index contributed by atoms with van der Waals surface area (Å²) in [5.74, 6) is -0.252. The number of furan rings is 1. The Kier molecular flexibility index (Phi) is 4.60. The van der Waals surface area contributed by atoms with Gasteiger partial charge in [-0.2, -0.15) is 0 Å². The van der Waals surface area contributed by atoms with Gasteiger partial charge < -0.3 is 14.1 Å². The van der Waals surface area contributed by atoms with Crippen molar-refractivity contribution in [1.29, 1.82) is 0 Å². The minimum atomic E-state index is -0.486. The van der Waals surface area contributed by atoms with E-state index in [1.807, 2.05) is 0 Å². The highest BCUT2D eigenvalue weighted by atomic mass is 19.1. The first-order valence-corrected chi connectivity index (χ1v) is 6.61. The van der Waals surface area contributed by atoms with Crippen LogP contribution in [0.3, 0.4) is 0 Å². The zero-order valence-corrected chi connectivity index (χ0v) is 12.6. The molecule has 0 aliphatic carbocycles. The molecule has 1 aromatic carbocycles. The van der Waals surface area contributed by atoms with Gasteiger partial charge in [0, 0.05) is 12.6 Å². The van der Waals surface area contributed by atoms with Crippen LogP contribution in [0.15, 0.2) is 34.7 Å². The number of benzene rings is 1. The van der Waals surface area contributed by atoms with Crippen LogP contribution in [0.5, 0.6) is 0 Å². The molecule has 0 spiro atoms. The van der Waals surface area contributed by atoms with Gasteiger partial charge in [0.2, 0.25) is 0 Å². The maximum atomic E-state index is 12.9. The molecule has 0 atom stereocenters. The van der Waals surface area contributed by atoms with Gasteiger partial charge in [0.25, 0.3) is 5.91 Å². The number of rotatable bonds is 4. The number of hydrogen-bond donors (Lipinski definition) is 0. The second-order valence-corrected chi connectivity index (χ2v) is 4.84. The quantitative estimate of drug-likeness (QED) is 0.815. The summed E-state index contributed by atoms with van der Waals surface area (Å²) >= 11 is 0. The molecule has 116 valence electrons. The Balaban J connectivity index is 2.11. The number of methoxy groups -OCH3 is 1. The highest BCUT2D eigenvalue weighted by Crippen LogP contribution is 2.18. The second-order valence-electron chi connectivity index (χ2n) is 4.84. The summed E-state index contributed by atoms with van der Waals surface area (Å²) in [6.07, 6.45) is 0. The summed E-state index contributed by atoms with van der Waals surface area (Å²) in [5.41, 5.74) is 0.709. The molecule has 0 bridgehead atoms. The largest absolute Gasteiger partial charge is 0.465 e. The van der Waals surface area contributed by atoms with Crippen LogP contribution < -0.4 is 0 Å². The van der Waals surface area contributed by atoms with E-state index < -0.39 is 11.8 Å². The minimum absolute atomic E-state index is 0.189. The molecular formula is C16H16FNO4. The number of ether oxygens (including phenoxy) is 1. The summed E-state index contributed by atoms with van der Waals surface area (Å²) in [4.78, 5) is 25.2. The van der Waals surface area contributed by atoms with E-state index in [0.29, 0.717) is 22.6 Å². The SMILES string of the molecule is COC(=O)c1cc(CN(C)C(=O)c2ccc(F)cc2)oc1C. The first-order valence-electron chi connectivity index (χ1n) is 6.61. The molecule has 0 N–H and O–H groups in total. The smallest absolute Gasteiger partial charge is 0.341 e. The van der Waals surface area contributed by atoms with Gasteiger partial charge in [0.05, 0.1) is 13.7 Å². The van der Waals surface area contributed by atoms with Crippen molar-refractivity contribution < 1.29 is 23.1 Å². The highest BCUT2D eigenvalue weighted by Gasteiger charge is 2.18. The second kappa shape index (κ2) is 6.43. The zero-order valence-electron chi connectivity index (χ0n) is 12.6. The number of nitrogens with zero attached hydrogens (tertiary/aromatic N) is 1. The molecule has 2 aromatic rings. The molecule has 1 heterocycles. The monoisotopic (exact) mass is 305 g/mol. The fraction of sp³-hybridized carbons (Fsp3) is 0.250. The molecule has 0 radical (unpaired) electrons. The molecule has 0 aliphatic heterocycles. The predicted octanol–water partition coefficient (Wildman–Crippen LogP) is 2.79. The van der Waals surface area contributed by atoms with Crippen molar-refractivity contribution >= 4 is 11.9 Å². The van der Waals surface area contributed by atoms with Gasteiger partial charge in [0.1, 0.15) is 22.9 Å². The van der Waals surface area contributed by atoms with Gasteiger partial charge in [-0.05, 0) is 37.3 Å². The van der Waals surface area contributed by atoms with Crippen molar-refractivity contribution in [2.45, 2.75) is 13.5 Å². The highest BCUT2D eigenvalue weighted by molar-refractivity contribution is 5.94. The van der Waals surface area contributed by atoms with Crippen LogP contribution in [0.1, 0.15) is 32.2 Å². The molecule has 5 nitrogen and oxygen atoms in total. The Labute approximate surface area is 127 Å². The average Bonchev–Trinajstić information content (AvgIpc) is 2.87. The van der Waals surface area contributed by atoms with Gasteiger partial charge in [0.15, 0.2) is 0 Å². The molecule has 0 fully saturated rings. The van der Waals surface area contributed by atoms with E-state index >= 15 is 0 Å². The number of aryl methyl sites for hydroxylation is 1. The van der Waals surface area contributed by atoms with Crippen molar-refractivity contribution in [3.63, 3.8) is 0 Å². The molecule has 0 saturated heterocycles. The third-order valence-corrected chi connectivity index (χ3v) is 3.20. The first kappa shape index (κ1) is 15.8. The number of esters is 1. The number of hydrogen-bond acceptors (Lipinski definition) is 4. The Bertz CT molecular complexity index is 691. The van der Waals surface area contributed by atoms with Crippen LogP contribution in [0, 0.1) is 12.7 Å². The van der Waals surface area contributed by atoms with Crippen LogP contribution in [-0.4, -0.2) is 30.9 Å². The van der Waals surface area contributed by atoms with Crippen molar-refractivity contribution in [2.75, 3.05) is 14.2 Å². The molecule has 1 aromatic heterocycles. The Morgan fingerprint density at radius 2 is 1.91 bits per heavy atom. The standard InChI is InChI=1S/C16H16FNO4/c1-10-14(16(20)21-3)8-13(22-10)9-18(2)15(19)11-4-6-12(17)7-5-11/h4-8H,9H2,1-3H3. The predicted molar refractivity (Wildman–Crippen MR) is 77.0 cm³/mol. The Morgan fingerprint density at radius 3 is 2.50 bits per heavy atom. The summed E-state index contributed by atoms with van der Waals surface area (Å²) < 4.78 is 23.0. The summed E-state index contributed by atoms with van der Waals surface area (Å²) in [6.45, 7) is 1.84. The van der Waals surface area contributed by atoms with Crippen LogP contribution in [0.2, 0.25) is 0 Å². The lowest BCUT2D eigenvalue weighted by Crippen LogP contribution is -2.25. The van der Waals surface area contributed by atoms with E-state index in [2.05, 4.69) is 4.74 Å². The van der Waals surface area contributed by atoms with Crippen molar-refractivity contribution in [1.82, 2.24) is 4.90 Å². The molecule has 0 unspecified atom stereocenters. The van der Waals surface area contributed by atoms with Gasteiger partial charge in [-0.25, -0.2) is 9.18 Å². The molecule has 2 rings (SSSR count). The third kappa shape index (κ3) is 3.33. The molecule has 6 heteroatoms. The lowest BCUT2D eigenvalue weighted by atomic mass is 10.2. The van der Waals surface area contributed by atoms with Crippen molar-refractivity contribution in [2.24, 2.45) is 0 Å². The molecule has 0 aliphatic rings. The fourth-order valence-corrected chi connectivity index (χ4v) is 2.05. The summed E-state index contributed by atoms with van der Waals surface area (Å²) in [5, 5.41) is 0. The Morgan fingerprint density at radius 1 is 1.27 bits per heavy atom. The number of halogens is 1. The molecule has 22 heavy (non-hydrogen) atoms. The Hall–Kier alpha value is -2.63. The zero-order chi connectivity index (χ0) is 16.3. The molecule has 0 saturated carbocycles. The summed E-state index contributed by atoms with van der Waals surface area (Å²) in [7, 11) is 2.89. The van der Waals surface area contributed by atoms with E-state index in [1.54, 1.807) is 20.0 Å². The first-order chi connectivity index (χ1) is 10.4. The fourth-order valence-electron chi connectivity index (χ4n) is 2.05. The van der Waals surface area contributed by atoms with E-state index in [4.69, 9.17) is 4.42 Å².